The minimum atomic E-state index is -3.89. The SMILES string of the molecule is Cc1ccc(Br)cc1-c1nnc(S(=O)(=O)Cl)n1C. The summed E-state index contributed by atoms with van der Waals surface area (Å²) >= 11 is 3.36. The fraction of sp³-hybridized carbons (Fsp3) is 0.200. The van der Waals surface area contributed by atoms with Crippen LogP contribution in [-0.4, -0.2) is 23.2 Å². The van der Waals surface area contributed by atoms with Gasteiger partial charge >= 0.3 is 0 Å². The Bertz CT molecular complexity index is 712. The third-order valence-corrected chi connectivity index (χ3v) is 4.19. The molecule has 0 unspecified atom stereocenters. The van der Waals surface area contributed by atoms with Crippen LogP contribution in [0, 0.1) is 6.92 Å². The lowest BCUT2D eigenvalue weighted by atomic mass is 10.1. The van der Waals surface area contributed by atoms with E-state index in [0.29, 0.717) is 5.82 Å². The largest absolute Gasteiger partial charge is 0.300 e. The molecular formula is C10H9BrClN3O2S. The second-order valence-corrected chi connectivity index (χ2v) is 7.14. The van der Waals surface area contributed by atoms with Crippen LogP contribution >= 0.6 is 26.6 Å². The van der Waals surface area contributed by atoms with Gasteiger partial charge < -0.3 is 0 Å². The molecule has 8 heteroatoms. The second kappa shape index (κ2) is 4.64. The van der Waals surface area contributed by atoms with Crippen LogP contribution in [0.15, 0.2) is 27.8 Å². The number of halogens is 2. The van der Waals surface area contributed by atoms with E-state index >= 15 is 0 Å². The van der Waals surface area contributed by atoms with E-state index in [0.717, 1.165) is 15.6 Å². The standard InChI is InChI=1S/C10H9BrClN3O2S/c1-6-3-4-7(11)5-8(6)9-13-14-10(15(9)2)18(12,16)17/h3-5H,1-2H3. The van der Waals surface area contributed by atoms with Gasteiger partial charge in [-0.15, -0.1) is 10.2 Å². The Balaban J connectivity index is 2.67. The molecule has 5 nitrogen and oxygen atoms in total. The Hall–Kier alpha value is -0.920. The minimum Gasteiger partial charge on any atom is -0.300 e. The molecule has 18 heavy (non-hydrogen) atoms. The zero-order valence-corrected chi connectivity index (χ0v) is 12.7. The van der Waals surface area contributed by atoms with E-state index < -0.39 is 9.05 Å². The zero-order chi connectivity index (χ0) is 13.5. The number of benzene rings is 1. The molecule has 0 amide bonds. The molecule has 0 aliphatic rings. The predicted molar refractivity (Wildman–Crippen MR) is 71.9 cm³/mol. The van der Waals surface area contributed by atoms with Gasteiger partial charge in [0.25, 0.3) is 14.2 Å². The molecule has 2 aromatic rings. The molecule has 1 aromatic heterocycles. The maximum absolute atomic E-state index is 11.3. The number of rotatable bonds is 2. The van der Waals surface area contributed by atoms with E-state index in [4.69, 9.17) is 10.7 Å². The van der Waals surface area contributed by atoms with Crippen LogP contribution < -0.4 is 0 Å². The summed E-state index contributed by atoms with van der Waals surface area (Å²) in [4.78, 5) is 0. The van der Waals surface area contributed by atoms with Crippen molar-refractivity contribution in [3.63, 3.8) is 0 Å². The summed E-state index contributed by atoms with van der Waals surface area (Å²) in [7, 11) is 2.94. The van der Waals surface area contributed by atoms with Crippen LogP contribution in [0.4, 0.5) is 0 Å². The van der Waals surface area contributed by atoms with Crippen LogP contribution in [0.3, 0.4) is 0 Å². The van der Waals surface area contributed by atoms with E-state index in [2.05, 4.69) is 26.1 Å². The number of hydrogen-bond donors (Lipinski definition) is 0. The van der Waals surface area contributed by atoms with Crippen molar-refractivity contribution in [1.82, 2.24) is 14.8 Å². The summed E-state index contributed by atoms with van der Waals surface area (Å²) in [6, 6.07) is 5.65. The monoisotopic (exact) mass is 349 g/mol. The quantitative estimate of drug-likeness (QED) is 0.781. The summed E-state index contributed by atoms with van der Waals surface area (Å²) in [5.74, 6) is 0.452. The van der Waals surface area contributed by atoms with Crippen molar-refractivity contribution in [2.45, 2.75) is 12.1 Å². The van der Waals surface area contributed by atoms with Gasteiger partial charge in [0.2, 0.25) is 0 Å². The van der Waals surface area contributed by atoms with Crippen LogP contribution in [-0.2, 0) is 16.1 Å². The summed E-state index contributed by atoms with van der Waals surface area (Å²) in [5.41, 5.74) is 1.76. The summed E-state index contributed by atoms with van der Waals surface area (Å²) in [6.45, 7) is 1.91. The van der Waals surface area contributed by atoms with Crippen molar-refractivity contribution >= 4 is 35.7 Å². The van der Waals surface area contributed by atoms with Gasteiger partial charge in [-0.05, 0) is 24.6 Å². The van der Waals surface area contributed by atoms with Gasteiger partial charge in [-0.25, -0.2) is 8.42 Å². The maximum atomic E-state index is 11.3. The van der Waals surface area contributed by atoms with E-state index in [1.165, 1.54) is 4.57 Å². The Morgan fingerprint density at radius 2 is 2.00 bits per heavy atom. The van der Waals surface area contributed by atoms with Gasteiger partial charge in [0.05, 0.1) is 0 Å². The van der Waals surface area contributed by atoms with Gasteiger partial charge in [0, 0.05) is 27.8 Å². The van der Waals surface area contributed by atoms with E-state index in [1.807, 2.05) is 25.1 Å². The molecule has 0 aliphatic carbocycles. The first-order valence-corrected chi connectivity index (χ1v) is 8.01. The molecule has 0 saturated carbocycles. The lowest BCUT2D eigenvalue weighted by Gasteiger charge is -2.06. The van der Waals surface area contributed by atoms with E-state index in [1.54, 1.807) is 7.05 Å². The van der Waals surface area contributed by atoms with Crippen LogP contribution in [0.1, 0.15) is 5.56 Å². The Kier molecular flexibility index (Phi) is 3.48. The maximum Gasteiger partial charge on any atom is 0.296 e. The highest BCUT2D eigenvalue weighted by atomic mass is 79.9. The molecule has 1 aromatic carbocycles. The molecule has 96 valence electrons. The first-order valence-electron chi connectivity index (χ1n) is 4.91. The summed E-state index contributed by atoms with van der Waals surface area (Å²) in [5, 5.41) is 7.23. The molecule has 0 aliphatic heterocycles. The van der Waals surface area contributed by atoms with Gasteiger partial charge in [-0.1, -0.05) is 22.0 Å². The van der Waals surface area contributed by atoms with Crippen molar-refractivity contribution in [3.8, 4) is 11.4 Å². The lowest BCUT2D eigenvalue weighted by Crippen LogP contribution is -2.03. The fourth-order valence-corrected chi connectivity index (χ4v) is 2.91. The third kappa shape index (κ3) is 2.43. The Morgan fingerprint density at radius 1 is 1.33 bits per heavy atom. The molecule has 0 radical (unpaired) electrons. The average molecular weight is 351 g/mol. The van der Waals surface area contributed by atoms with Crippen LogP contribution in [0.25, 0.3) is 11.4 Å². The first kappa shape index (κ1) is 13.5. The zero-order valence-electron chi connectivity index (χ0n) is 9.55. The highest BCUT2D eigenvalue weighted by Crippen LogP contribution is 2.26. The highest BCUT2D eigenvalue weighted by Gasteiger charge is 2.21. The van der Waals surface area contributed by atoms with Crippen molar-refractivity contribution < 1.29 is 8.42 Å². The molecule has 0 bridgehead atoms. The normalized spacial score (nSPS) is 11.8. The average Bonchev–Trinajstić information content (AvgIpc) is 2.63. The van der Waals surface area contributed by atoms with E-state index in [9.17, 15) is 8.42 Å². The molecule has 0 spiro atoms. The highest BCUT2D eigenvalue weighted by molar-refractivity contribution is 9.10. The van der Waals surface area contributed by atoms with Gasteiger partial charge in [0.1, 0.15) is 0 Å². The molecule has 0 fully saturated rings. The van der Waals surface area contributed by atoms with Gasteiger partial charge in [-0.3, -0.25) is 4.57 Å². The number of aromatic nitrogens is 3. The topological polar surface area (TPSA) is 64.8 Å². The number of hydrogen-bond acceptors (Lipinski definition) is 4. The van der Waals surface area contributed by atoms with Crippen molar-refractivity contribution in [3.05, 3.63) is 28.2 Å². The molecule has 0 atom stereocenters. The molecule has 1 heterocycles. The van der Waals surface area contributed by atoms with Crippen molar-refractivity contribution in [1.29, 1.82) is 0 Å². The molecule has 0 saturated heterocycles. The lowest BCUT2D eigenvalue weighted by molar-refractivity contribution is 0.593. The second-order valence-electron chi connectivity index (χ2n) is 3.76. The van der Waals surface area contributed by atoms with Gasteiger partial charge in [-0.2, -0.15) is 0 Å². The Morgan fingerprint density at radius 3 is 2.56 bits per heavy atom. The fourth-order valence-electron chi connectivity index (χ4n) is 1.60. The number of nitrogens with zero attached hydrogens (tertiary/aromatic N) is 3. The van der Waals surface area contributed by atoms with E-state index in [-0.39, 0.29) is 5.16 Å². The Labute approximate surface area is 117 Å². The first-order chi connectivity index (χ1) is 8.30. The van der Waals surface area contributed by atoms with Crippen molar-refractivity contribution in [2.24, 2.45) is 7.05 Å². The molecule has 2 rings (SSSR count). The third-order valence-electron chi connectivity index (χ3n) is 2.49. The summed E-state index contributed by atoms with van der Waals surface area (Å²) in [6.07, 6.45) is 0. The van der Waals surface area contributed by atoms with Crippen LogP contribution in [0.5, 0.6) is 0 Å². The number of aryl methyl sites for hydroxylation is 1. The summed E-state index contributed by atoms with van der Waals surface area (Å²) < 4.78 is 24.8. The smallest absolute Gasteiger partial charge is 0.296 e. The molecular weight excluding hydrogens is 342 g/mol. The minimum absolute atomic E-state index is 0.265. The predicted octanol–water partition coefficient (Wildman–Crippen LogP) is 2.48. The van der Waals surface area contributed by atoms with Gasteiger partial charge in [0.15, 0.2) is 5.82 Å². The van der Waals surface area contributed by atoms with Crippen LogP contribution in [0.2, 0.25) is 0 Å². The molecule has 0 N–H and O–H groups in total. The van der Waals surface area contributed by atoms with Crippen molar-refractivity contribution in [2.75, 3.05) is 0 Å².